The fraction of sp³-hybridized carbons (Fsp3) is 0.222. The molecule has 0 heterocycles. The molecule has 1 unspecified atom stereocenters. The van der Waals surface area contributed by atoms with Gasteiger partial charge in [0.15, 0.2) is 0 Å². The Labute approximate surface area is 179 Å². The van der Waals surface area contributed by atoms with Gasteiger partial charge < -0.3 is 9.84 Å². The number of aromatic hydroxyl groups is 1. The molecule has 0 saturated heterocycles. The van der Waals surface area contributed by atoms with Crippen molar-refractivity contribution in [1.82, 2.24) is 0 Å². The quantitative estimate of drug-likeness (QED) is 0.213. The Morgan fingerprint density at radius 1 is 1.03 bits per heavy atom. The van der Waals surface area contributed by atoms with Crippen molar-refractivity contribution in [3.63, 3.8) is 0 Å². The summed E-state index contributed by atoms with van der Waals surface area (Å²) in [5.41, 5.74) is 3.09. The van der Waals surface area contributed by atoms with E-state index in [4.69, 9.17) is 4.74 Å². The average molecular weight is 403 g/mol. The monoisotopic (exact) mass is 402 g/mol. The topological polar surface area (TPSA) is 46.5 Å². The van der Waals surface area contributed by atoms with E-state index in [1.165, 1.54) is 11.6 Å². The van der Waals surface area contributed by atoms with E-state index in [1.54, 1.807) is 42.5 Å². The second-order valence-electron chi connectivity index (χ2n) is 7.78. The molecule has 0 bridgehead atoms. The van der Waals surface area contributed by atoms with E-state index in [0.29, 0.717) is 5.75 Å². The number of hydrogen-bond acceptors (Lipinski definition) is 3. The van der Waals surface area contributed by atoms with Crippen LogP contribution in [0.5, 0.6) is 11.5 Å². The summed E-state index contributed by atoms with van der Waals surface area (Å²) in [5, 5.41) is 9.28. The minimum Gasteiger partial charge on any atom is -0.508 e. The Hall–Kier alpha value is -3.33. The Morgan fingerprint density at radius 2 is 1.63 bits per heavy atom. The molecule has 0 fully saturated rings. The van der Waals surface area contributed by atoms with Gasteiger partial charge in [0.2, 0.25) is 0 Å². The molecule has 3 nitrogen and oxygen atoms in total. The highest BCUT2D eigenvalue weighted by atomic mass is 16.5. The molecule has 2 rings (SSSR count). The molecule has 1 N–H and O–H groups in total. The lowest BCUT2D eigenvalue weighted by molar-refractivity contribution is -0.128. The van der Waals surface area contributed by atoms with Crippen LogP contribution >= 0.6 is 0 Å². The van der Waals surface area contributed by atoms with Crippen molar-refractivity contribution >= 4 is 18.1 Å². The van der Waals surface area contributed by atoms with Crippen molar-refractivity contribution in [3.8, 4) is 11.5 Å². The Kier molecular flexibility index (Phi) is 8.42. The van der Waals surface area contributed by atoms with Crippen LogP contribution < -0.4 is 4.74 Å². The van der Waals surface area contributed by atoms with Crippen molar-refractivity contribution in [2.75, 3.05) is 0 Å². The van der Waals surface area contributed by atoms with Crippen molar-refractivity contribution in [2.24, 2.45) is 5.41 Å². The van der Waals surface area contributed by atoms with Gasteiger partial charge in [-0.05, 0) is 68.2 Å². The standard InChI is InChI=1S/C27H30O3/c1-5-27(4,19-6-7-21(2)3)20-18-23-10-15-25(16-11-23)30-26(29)17-12-22-8-13-24(28)14-9-22/h5,7-18,20,28H,1,6,19H2,2-4H3/b17-12+,20-18+. The Balaban J connectivity index is 1.94. The number of ether oxygens (including phenoxy) is 1. The summed E-state index contributed by atoms with van der Waals surface area (Å²) in [6, 6.07) is 14.0. The Bertz CT molecular complexity index is 927. The van der Waals surface area contributed by atoms with Crippen molar-refractivity contribution in [2.45, 2.75) is 33.6 Å². The van der Waals surface area contributed by atoms with Crippen LogP contribution in [-0.2, 0) is 4.79 Å². The predicted molar refractivity (Wildman–Crippen MR) is 125 cm³/mol. The first-order valence-corrected chi connectivity index (χ1v) is 10.0. The van der Waals surface area contributed by atoms with Crippen molar-refractivity contribution in [1.29, 1.82) is 0 Å². The van der Waals surface area contributed by atoms with Crippen LogP contribution in [0.4, 0.5) is 0 Å². The van der Waals surface area contributed by atoms with E-state index in [2.05, 4.69) is 45.6 Å². The van der Waals surface area contributed by atoms with Gasteiger partial charge in [-0.15, -0.1) is 6.58 Å². The molecular weight excluding hydrogens is 372 g/mol. The van der Waals surface area contributed by atoms with Gasteiger partial charge in [0, 0.05) is 11.5 Å². The molecule has 2 aromatic rings. The minimum atomic E-state index is -0.454. The minimum absolute atomic E-state index is 0.0733. The molecule has 156 valence electrons. The molecule has 0 amide bonds. The number of carbonyl (C=O) groups excluding carboxylic acids is 1. The van der Waals surface area contributed by atoms with Gasteiger partial charge in [-0.2, -0.15) is 0 Å². The van der Waals surface area contributed by atoms with Gasteiger partial charge in [-0.1, -0.05) is 61.1 Å². The maximum absolute atomic E-state index is 12.0. The number of carbonyl (C=O) groups is 1. The largest absolute Gasteiger partial charge is 0.508 e. The molecule has 0 aliphatic heterocycles. The summed E-state index contributed by atoms with van der Waals surface area (Å²) in [6.07, 6.45) is 13.5. The number of allylic oxidation sites excluding steroid dienone is 4. The molecule has 1 atom stereocenters. The van der Waals surface area contributed by atoms with E-state index in [9.17, 15) is 9.90 Å². The number of phenols is 1. The first kappa shape index (κ1) is 23.0. The van der Waals surface area contributed by atoms with E-state index < -0.39 is 5.97 Å². The third-order valence-electron chi connectivity index (χ3n) is 4.76. The molecule has 3 heteroatoms. The summed E-state index contributed by atoms with van der Waals surface area (Å²) >= 11 is 0. The van der Waals surface area contributed by atoms with Crippen LogP contribution in [0.15, 0.2) is 85.0 Å². The first-order valence-electron chi connectivity index (χ1n) is 10.0. The van der Waals surface area contributed by atoms with Crippen molar-refractivity contribution < 1.29 is 14.6 Å². The third-order valence-corrected chi connectivity index (χ3v) is 4.76. The third kappa shape index (κ3) is 7.96. The Morgan fingerprint density at radius 3 is 2.23 bits per heavy atom. The lowest BCUT2D eigenvalue weighted by Crippen LogP contribution is -2.08. The van der Waals surface area contributed by atoms with Crippen LogP contribution in [0.1, 0.15) is 44.7 Å². The normalized spacial score (nSPS) is 13.2. The van der Waals surface area contributed by atoms with Gasteiger partial charge in [0.25, 0.3) is 0 Å². The van der Waals surface area contributed by atoms with E-state index >= 15 is 0 Å². The number of phenolic OH excluding ortho intramolecular Hbond substituents is 1. The molecule has 0 radical (unpaired) electrons. The molecule has 2 aromatic carbocycles. The first-order chi connectivity index (χ1) is 14.3. The maximum atomic E-state index is 12.0. The van der Waals surface area contributed by atoms with Crippen molar-refractivity contribution in [3.05, 3.63) is 96.1 Å². The van der Waals surface area contributed by atoms with Gasteiger partial charge in [-0.25, -0.2) is 4.79 Å². The predicted octanol–water partition coefficient (Wildman–Crippen LogP) is 6.96. The lowest BCUT2D eigenvalue weighted by atomic mass is 9.84. The molecule has 30 heavy (non-hydrogen) atoms. The summed E-state index contributed by atoms with van der Waals surface area (Å²) in [7, 11) is 0. The van der Waals surface area contributed by atoms with E-state index in [-0.39, 0.29) is 11.2 Å². The zero-order valence-corrected chi connectivity index (χ0v) is 18.0. The lowest BCUT2D eigenvalue weighted by Gasteiger charge is -2.20. The summed E-state index contributed by atoms with van der Waals surface area (Å²) in [4.78, 5) is 12.0. The van der Waals surface area contributed by atoms with E-state index in [0.717, 1.165) is 24.0 Å². The fourth-order valence-electron chi connectivity index (χ4n) is 2.76. The number of hydrogen-bond donors (Lipinski definition) is 1. The van der Waals surface area contributed by atoms with Gasteiger partial charge in [0.05, 0.1) is 0 Å². The summed E-state index contributed by atoms with van der Waals surface area (Å²) in [5.74, 6) is 0.220. The smallest absolute Gasteiger partial charge is 0.336 e. The van der Waals surface area contributed by atoms with Crippen LogP contribution in [0.3, 0.4) is 0 Å². The molecule has 0 aromatic heterocycles. The second-order valence-corrected chi connectivity index (χ2v) is 7.78. The second kappa shape index (κ2) is 11.0. The molecule has 0 spiro atoms. The van der Waals surface area contributed by atoms with Crippen LogP contribution in [0.25, 0.3) is 12.2 Å². The highest BCUT2D eigenvalue weighted by Crippen LogP contribution is 2.28. The number of rotatable bonds is 9. The van der Waals surface area contributed by atoms with Gasteiger partial charge in [-0.3, -0.25) is 0 Å². The fourth-order valence-corrected chi connectivity index (χ4v) is 2.76. The van der Waals surface area contributed by atoms with Crippen LogP contribution in [-0.4, -0.2) is 11.1 Å². The van der Waals surface area contributed by atoms with Gasteiger partial charge >= 0.3 is 5.97 Å². The maximum Gasteiger partial charge on any atom is 0.336 e. The number of esters is 1. The molecule has 0 aliphatic rings. The average Bonchev–Trinajstić information content (AvgIpc) is 2.72. The van der Waals surface area contributed by atoms with E-state index in [1.807, 2.05) is 18.2 Å². The molecular formula is C27H30O3. The summed E-state index contributed by atoms with van der Waals surface area (Å²) < 4.78 is 5.34. The number of benzene rings is 2. The van der Waals surface area contributed by atoms with Crippen LogP contribution in [0.2, 0.25) is 0 Å². The summed E-state index contributed by atoms with van der Waals surface area (Å²) in [6.45, 7) is 10.4. The molecule has 0 aliphatic carbocycles. The SMILES string of the molecule is C=CC(C)(/C=C/c1ccc(OC(=O)/C=C/c2ccc(O)cc2)cc1)CCC=C(C)C. The zero-order chi connectivity index (χ0) is 22.0. The molecule has 0 saturated carbocycles. The zero-order valence-electron chi connectivity index (χ0n) is 18.0. The van der Waals surface area contributed by atoms with Gasteiger partial charge in [0.1, 0.15) is 11.5 Å². The van der Waals surface area contributed by atoms with Crippen LogP contribution in [0, 0.1) is 5.41 Å². The highest BCUT2D eigenvalue weighted by molar-refractivity contribution is 5.88. The highest BCUT2D eigenvalue weighted by Gasteiger charge is 2.15.